The lowest BCUT2D eigenvalue weighted by Crippen LogP contribution is -2.65. The highest BCUT2D eigenvalue weighted by Crippen LogP contribution is 2.67. The minimum Gasteiger partial charge on any atom is -0.394 e. The summed E-state index contributed by atoms with van der Waals surface area (Å²) in [5.41, 5.74) is 7.73. The van der Waals surface area contributed by atoms with Gasteiger partial charge in [-0.2, -0.15) is 0 Å². The van der Waals surface area contributed by atoms with Crippen molar-refractivity contribution < 1.29 is 53.6 Å². The third kappa shape index (κ3) is 12.4. The molecule has 9 N–H and O–H groups in total. The first-order valence-corrected chi connectivity index (χ1v) is 25.0. The molecule has 17 atom stereocenters. The van der Waals surface area contributed by atoms with Gasteiger partial charge in [-0.15, -0.1) is 0 Å². The van der Waals surface area contributed by atoms with E-state index in [0.29, 0.717) is 17.8 Å². The Hall–Kier alpha value is -3.44. The van der Waals surface area contributed by atoms with Crippen molar-refractivity contribution in [3.8, 4) is 0 Å². The summed E-state index contributed by atoms with van der Waals surface area (Å²) in [7, 11) is 0. The normalized spacial score (nSPS) is 35.1. The highest BCUT2D eigenvalue weighted by molar-refractivity contribution is 5.93. The molecule has 16 nitrogen and oxygen atoms in total. The van der Waals surface area contributed by atoms with E-state index in [2.05, 4.69) is 62.0 Å². The van der Waals surface area contributed by atoms with E-state index in [-0.39, 0.29) is 30.0 Å². The zero-order chi connectivity index (χ0) is 48.8. The van der Waals surface area contributed by atoms with Crippen LogP contribution in [0, 0.1) is 52.3 Å². The summed E-state index contributed by atoms with van der Waals surface area (Å²) in [6.45, 7) is 17.2. The smallest absolute Gasteiger partial charge is 0.249 e. The minimum absolute atomic E-state index is 0.0388. The standard InChI is InChI=1S/C50H83N5O11/c1-26(2)11-10-12-27(3)35-15-16-36-34-14-13-33-23-32(19-21-49(33,8)37(34)20-22-50(35,36)9)24-39(58)28(4)52-41(59)18-17-38(45(51)61)55-46(62)29(5)53-47(63)30(6)65-44-42(54-31(7)57)48(64)66-40(25-56)43(44)60/h13,26-30,32,34-38,40,42-44,48,56,60,64H,10-12,14-25H2,1-9H3,(H2,51,61)(H,52,59)(H,53,63)(H,54,57)(H,55,62)/t27?,28-,29-,30?,32?,34?,35+,36?,37?,38+,40+,42+,43+,44+,48?,49-,50+/m0/s1. The fraction of sp³-hybridized carbons (Fsp3) is 0.840. The van der Waals surface area contributed by atoms with Crippen molar-refractivity contribution in [3.63, 3.8) is 0 Å². The summed E-state index contributed by atoms with van der Waals surface area (Å²) in [5.74, 6) is 1.27. The van der Waals surface area contributed by atoms with E-state index in [9.17, 15) is 44.1 Å². The van der Waals surface area contributed by atoms with Crippen molar-refractivity contribution in [2.24, 2.45) is 58.0 Å². The van der Waals surface area contributed by atoms with E-state index in [1.165, 1.54) is 71.3 Å². The number of primary amides is 1. The monoisotopic (exact) mass is 930 g/mol. The molecule has 5 rings (SSSR count). The van der Waals surface area contributed by atoms with Gasteiger partial charge in [0, 0.05) is 19.8 Å². The molecule has 0 spiro atoms. The van der Waals surface area contributed by atoms with Gasteiger partial charge in [-0.3, -0.25) is 28.8 Å². The SMILES string of the molecule is CC(=O)N[C@H]1C(O)O[C@H](CO)[C@@H](O)[C@@H]1OC(C)C(=O)N[C@@H](C)C(=O)N[C@H](CCC(=O)N[C@@H](C)C(=O)CC1CC[C@@]2(C)C(=CCC3C2CC[C@@]2(C)C3CC[C@@H]2C(C)CCCC(C)C)C1)C(N)=O. The highest BCUT2D eigenvalue weighted by Gasteiger charge is 2.59. The molecule has 374 valence electrons. The van der Waals surface area contributed by atoms with Gasteiger partial charge in [0.2, 0.25) is 29.5 Å². The Kier molecular flexibility index (Phi) is 18.5. The van der Waals surface area contributed by atoms with Crippen LogP contribution in [-0.2, 0) is 38.2 Å². The van der Waals surface area contributed by atoms with E-state index in [0.717, 1.165) is 55.3 Å². The van der Waals surface area contributed by atoms with Crippen molar-refractivity contribution in [1.29, 1.82) is 0 Å². The maximum atomic E-state index is 13.5. The van der Waals surface area contributed by atoms with E-state index in [1.54, 1.807) is 6.92 Å². The number of hydrogen-bond donors (Lipinski definition) is 8. The van der Waals surface area contributed by atoms with Crippen LogP contribution in [0.25, 0.3) is 0 Å². The predicted molar refractivity (Wildman–Crippen MR) is 248 cm³/mol. The van der Waals surface area contributed by atoms with E-state index >= 15 is 0 Å². The second kappa shape index (κ2) is 22.8. The Morgan fingerprint density at radius 3 is 2.24 bits per heavy atom. The maximum Gasteiger partial charge on any atom is 0.249 e. The van der Waals surface area contributed by atoms with Crippen LogP contribution >= 0.6 is 0 Å². The average Bonchev–Trinajstić information content (AvgIpc) is 3.61. The van der Waals surface area contributed by atoms with Crippen LogP contribution in [0.4, 0.5) is 0 Å². The van der Waals surface area contributed by atoms with Gasteiger partial charge in [0.15, 0.2) is 12.1 Å². The Bertz CT molecular complexity index is 1780. The first kappa shape index (κ1) is 53.5. The Labute approximate surface area is 392 Å². The second-order valence-corrected chi connectivity index (χ2v) is 21.8. The quantitative estimate of drug-likeness (QED) is 0.0771. The number of nitrogens with two attached hydrogens (primary N) is 1. The molecule has 66 heavy (non-hydrogen) atoms. The molecule has 1 heterocycles. The fourth-order valence-electron chi connectivity index (χ4n) is 13.0. The molecular weight excluding hydrogens is 847 g/mol. The maximum absolute atomic E-state index is 13.5. The van der Waals surface area contributed by atoms with Crippen LogP contribution < -0.4 is 27.0 Å². The average molecular weight is 930 g/mol. The number of amides is 5. The van der Waals surface area contributed by atoms with Crippen LogP contribution in [0.1, 0.15) is 152 Å². The summed E-state index contributed by atoms with van der Waals surface area (Å²) < 4.78 is 10.9. The molecule has 1 saturated heterocycles. The summed E-state index contributed by atoms with van der Waals surface area (Å²) in [5, 5.41) is 40.7. The number of rotatable bonds is 21. The van der Waals surface area contributed by atoms with Crippen LogP contribution in [0.3, 0.4) is 0 Å². The molecule has 0 aromatic carbocycles. The molecule has 4 fully saturated rings. The van der Waals surface area contributed by atoms with Crippen LogP contribution in [0.15, 0.2) is 11.6 Å². The van der Waals surface area contributed by atoms with Gasteiger partial charge < -0.3 is 51.8 Å². The van der Waals surface area contributed by atoms with Gasteiger partial charge in [-0.25, -0.2) is 0 Å². The fourth-order valence-corrected chi connectivity index (χ4v) is 13.0. The van der Waals surface area contributed by atoms with Crippen molar-refractivity contribution >= 4 is 35.3 Å². The van der Waals surface area contributed by atoms with Crippen LogP contribution in [-0.4, -0.2) is 112 Å². The molecule has 7 unspecified atom stereocenters. The van der Waals surface area contributed by atoms with Crippen molar-refractivity contribution in [2.75, 3.05) is 6.61 Å². The van der Waals surface area contributed by atoms with E-state index < -0.39 is 91.0 Å². The van der Waals surface area contributed by atoms with Crippen LogP contribution in [0.2, 0.25) is 0 Å². The Balaban J connectivity index is 1.06. The molecule has 16 heteroatoms. The molecule has 0 radical (unpaired) electrons. The van der Waals surface area contributed by atoms with E-state index in [4.69, 9.17) is 15.2 Å². The lowest BCUT2D eigenvalue weighted by atomic mass is 9.46. The number of hydrogen-bond acceptors (Lipinski definition) is 11. The van der Waals surface area contributed by atoms with Gasteiger partial charge >= 0.3 is 0 Å². The third-order valence-electron chi connectivity index (χ3n) is 16.8. The molecular formula is C50H83N5O11. The number of ketones is 1. The molecule has 4 aliphatic carbocycles. The number of allylic oxidation sites excluding steroid dienone is 2. The summed E-state index contributed by atoms with van der Waals surface area (Å²) in [4.78, 5) is 76.8. The van der Waals surface area contributed by atoms with Gasteiger partial charge in [-0.05, 0) is 131 Å². The topological polar surface area (TPSA) is 256 Å². The number of fused-ring (bicyclic) bond motifs is 5. The number of Topliss-reactive ketones (excluding diaryl/α,β-unsaturated/α-hetero) is 1. The highest BCUT2D eigenvalue weighted by atomic mass is 16.6. The third-order valence-corrected chi connectivity index (χ3v) is 16.8. The van der Waals surface area contributed by atoms with Gasteiger partial charge in [-0.1, -0.05) is 65.5 Å². The van der Waals surface area contributed by atoms with Gasteiger partial charge in [0.05, 0.1) is 12.6 Å². The van der Waals surface area contributed by atoms with Crippen LogP contribution in [0.5, 0.6) is 0 Å². The second-order valence-electron chi connectivity index (χ2n) is 21.8. The van der Waals surface area contributed by atoms with E-state index in [1.807, 2.05) is 0 Å². The number of carbonyl (C=O) groups excluding carboxylic acids is 6. The summed E-state index contributed by atoms with van der Waals surface area (Å²) in [6.07, 6.45) is 8.93. The molecule has 3 saturated carbocycles. The first-order chi connectivity index (χ1) is 31.0. The predicted octanol–water partition coefficient (Wildman–Crippen LogP) is 3.71. The zero-order valence-electron chi connectivity index (χ0n) is 41.1. The number of aliphatic hydroxyl groups excluding tert-OH is 3. The molecule has 5 aliphatic rings. The van der Waals surface area contributed by atoms with Crippen molar-refractivity contribution in [1.82, 2.24) is 21.3 Å². The van der Waals surface area contributed by atoms with Gasteiger partial charge in [0.25, 0.3) is 0 Å². The number of nitrogens with one attached hydrogen (secondary N) is 4. The molecule has 1 aliphatic heterocycles. The summed E-state index contributed by atoms with van der Waals surface area (Å²) in [6, 6.07) is -4.48. The van der Waals surface area contributed by atoms with Gasteiger partial charge in [0.1, 0.15) is 42.5 Å². The lowest BCUT2D eigenvalue weighted by Gasteiger charge is -2.58. The lowest BCUT2D eigenvalue weighted by molar-refractivity contribution is -0.266. The molecule has 0 aromatic heterocycles. The number of aliphatic hydroxyl groups is 3. The minimum atomic E-state index is -1.66. The first-order valence-electron chi connectivity index (χ1n) is 25.0. The van der Waals surface area contributed by atoms with Crippen molar-refractivity contribution in [2.45, 2.75) is 207 Å². The zero-order valence-corrected chi connectivity index (χ0v) is 41.1. The molecule has 5 amide bonds. The Morgan fingerprint density at radius 2 is 1.59 bits per heavy atom. The molecule has 0 aromatic rings. The number of carbonyl (C=O) groups is 6. The summed E-state index contributed by atoms with van der Waals surface area (Å²) >= 11 is 0. The largest absolute Gasteiger partial charge is 0.394 e. The Morgan fingerprint density at radius 1 is 0.879 bits per heavy atom. The molecule has 0 bridgehead atoms. The number of ether oxygens (including phenoxy) is 2. The van der Waals surface area contributed by atoms with Crippen molar-refractivity contribution in [3.05, 3.63) is 11.6 Å².